The van der Waals surface area contributed by atoms with Gasteiger partial charge in [-0.3, -0.25) is 9.88 Å². The molecule has 0 atom stereocenters. The normalized spacial score (nSPS) is 14.8. The van der Waals surface area contributed by atoms with Gasteiger partial charge in [-0.25, -0.2) is 4.98 Å². The quantitative estimate of drug-likeness (QED) is 0.737. The van der Waals surface area contributed by atoms with Gasteiger partial charge in [0.15, 0.2) is 0 Å². The first-order valence-electron chi connectivity index (χ1n) is 7.82. The van der Waals surface area contributed by atoms with Crippen LogP contribution in [0.2, 0.25) is 0 Å². The highest BCUT2D eigenvalue weighted by molar-refractivity contribution is 7.15. The zero-order valence-corrected chi connectivity index (χ0v) is 13.8. The van der Waals surface area contributed by atoms with Crippen LogP contribution in [0.5, 0.6) is 0 Å². The van der Waals surface area contributed by atoms with Crippen molar-refractivity contribution < 1.29 is 0 Å². The maximum Gasteiger partial charge on any atom is 0.147 e. The fraction of sp³-hybridized carbons (Fsp3) is 0.375. The van der Waals surface area contributed by atoms with Gasteiger partial charge in [0.1, 0.15) is 16.7 Å². The Hall–Kier alpha value is -2.12. The lowest BCUT2D eigenvalue weighted by Crippen LogP contribution is -2.33. The summed E-state index contributed by atoms with van der Waals surface area (Å²) >= 11 is 1.74. The van der Waals surface area contributed by atoms with E-state index in [1.807, 2.05) is 24.5 Å². The number of fused-ring (bicyclic) bond motifs is 1. The van der Waals surface area contributed by atoms with Gasteiger partial charge < -0.3 is 4.57 Å². The van der Waals surface area contributed by atoms with Gasteiger partial charge >= 0.3 is 0 Å². The van der Waals surface area contributed by atoms with Gasteiger partial charge in [0.05, 0.1) is 6.54 Å². The standard InChI is InChI=1S/C16H18N6S/c1-2-14-19-20-15-11-21(6-7-22(14)15)10-13-9-18-16(23-13)12-4-3-5-17-8-12/h3-5,8-9H,2,6-7,10-11H2,1H3. The maximum atomic E-state index is 4.53. The molecule has 0 aliphatic carbocycles. The fourth-order valence-corrected chi connectivity index (χ4v) is 3.83. The van der Waals surface area contributed by atoms with Crippen molar-refractivity contribution in [2.24, 2.45) is 0 Å². The Kier molecular flexibility index (Phi) is 3.88. The van der Waals surface area contributed by atoms with Crippen molar-refractivity contribution in [2.75, 3.05) is 6.54 Å². The van der Waals surface area contributed by atoms with E-state index < -0.39 is 0 Å². The third-order valence-corrected chi connectivity index (χ3v) is 5.10. The largest absolute Gasteiger partial charge is 0.313 e. The summed E-state index contributed by atoms with van der Waals surface area (Å²) in [6, 6.07) is 3.99. The Morgan fingerprint density at radius 3 is 3.00 bits per heavy atom. The SMILES string of the molecule is CCc1nnc2n1CCN(Cc1cnc(-c3cccnc3)s1)C2. The van der Waals surface area contributed by atoms with Crippen molar-refractivity contribution in [2.45, 2.75) is 33.0 Å². The predicted molar refractivity (Wildman–Crippen MR) is 88.9 cm³/mol. The zero-order valence-electron chi connectivity index (χ0n) is 13.0. The molecular weight excluding hydrogens is 308 g/mol. The number of aromatic nitrogens is 5. The van der Waals surface area contributed by atoms with Crippen LogP contribution in [0.1, 0.15) is 23.4 Å². The molecule has 0 unspecified atom stereocenters. The molecule has 1 aliphatic heterocycles. The van der Waals surface area contributed by atoms with Crippen molar-refractivity contribution in [3.05, 3.63) is 47.2 Å². The minimum Gasteiger partial charge on any atom is -0.313 e. The summed E-state index contributed by atoms with van der Waals surface area (Å²) < 4.78 is 2.25. The lowest BCUT2D eigenvalue weighted by atomic mass is 10.3. The van der Waals surface area contributed by atoms with Crippen LogP contribution in [0.3, 0.4) is 0 Å². The molecule has 0 saturated heterocycles. The van der Waals surface area contributed by atoms with E-state index in [1.54, 1.807) is 17.5 Å². The maximum absolute atomic E-state index is 4.53. The molecule has 3 aromatic rings. The third-order valence-electron chi connectivity index (χ3n) is 4.07. The van der Waals surface area contributed by atoms with Crippen LogP contribution in [-0.2, 0) is 26.1 Å². The van der Waals surface area contributed by atoms with Crippen LogP contribution in [0, 0.1) is 0 Å². The minimum atomic E-state index is 0.854. The second kappa shape index (κ2) is 6.17. The lowest BCUT2D eigenvalue weighted by Gasteiger charge is -2.26. The number of hydrogen-bond acceptors (Lipinski definition) is 6. The summed E-state index contributed by atoms with van der Waals surface area (Å²) in [4.78, 5) is 12.4. The molecular formula is C16H18N6S. The molecule has 1 aliphatic rings. The molecule has 118 valence electrons. The van der Waals surface area contributed by atoms with E-state index in [0.717, 1.165) is 54.8 Å². The second-order valence-electron chi connectivity index (χ2n) is 5.62. The van der Waals surface area contributed by atoms with Gasteiger partial charge in [0.2, 0.25) is 0 Å². The monoisotopic (exact) mass is 326 g/mol. The number of hydrogen-bond donors (Lipinski definition) is 0. The highest BCUT2D eigenvalue weighted by Gasteiger charge is 2.21. The zero-order chi connectivity index (χ0) is 15.6. The first-order chi connectivity index (χ1) is 11.3. The van der Waals surface area contributed by atoms with Crippen LogP contribution in [0.4, 0.5) is 0 Å². The first kappa shape index (κ1) is 14.5. The molecule has 0 aromatic carbocycles. The molecule has 0 fully saturated rings. The van der Waals surface area contributed by atoms with E-state index >= 15 is 0 Å². The highest BCUT2D eigenvalue weighted by Crippen LogP contribution is 2.26. The number of rotatable bonds is 4. The Balaban J connectivity index is 1.46. The van der Waals surface area contributed by atoms with Crippen LogP contribution in [-0.4, -0.2) is 36.2 Å². The number of pyridine rings is 1. The summed E-state index contributed by atoms with van der Waals surface area (Å²) in [5.74, 6) is 2.17. The molecule has 4 heterocycles. The Morgan fingerprint density at radius 1 is 1.22 bits per heavy atom. The fourth-order valence-electron chi connectivity index (χ4n) is 2.89. The average molecular weight is 326 g/mol. The molecule has 0 N–H and O–H groups in total. The molecule has 0 radical (unpaired) electrons. The second-order valence-corrected chi connectivity index (χ2v) is 6.74. The van der Waals surface area contributed by atoms with E-state index in [2.05, 4.69) is 36.6 Å². The number of aryl methyl sites for hydroxylation is 1. The van der Waals surface area contributed by atoms with E-state index in [4.69, 9.17) is 0 Å². The first-order valence-corrected chi connectivity index (χ1v) is 8.63. The predicted octanol–water partition coefficient (Wildman–Crippen LogP) is 2.37. The van der Waals surface area contributed by atoms with Gasteiger partial charge in [0.25, 0.3) is 0 Å². The van der Waals surface area contributed by atoms with Crippen LogP contribution in [0.15, 0.2) is 30.7 Å². The van der Waals surface area contributed by atoms with E-state index in [1.165, 1.54) is 4.88 Å². The van der Waals surface area contributed by atoms with E-state index in [-0.39, 0.29) is 0 Å². The van der Waals surface area contributed by atoms with Gasteiger partial charge in [-0.15, -0.1) is 21.5 Å². The van der Waals surface area contributed by atoms with Crippen molar-refractivity contribution in [1.82, 2.24) is 29.6 Å². The summed E-state index contributed by atoms with van der Waals surface area (Å²) in [6.45, 7) is 5.89. The average Bonchev–Trinajstić information content (AvgIpc) is 3.22. The Morgan fingerprint density at radius 2 is 2.17 bits per heavy atom. The molecule has 6 nitrogen and oxygen atoms in total. The topological polar surface area (TPSA) is 59.7 Å². The van der Waals surface area contributed by atoms with Gasteiger partial charge in [-0.2, -0.15) is 0 Å². The van der Waals surface area contributed by atoms with Crippen LogP contribution in [0.25, 0.3) is 10.6 Å². The number of nitrogens with zero attached hydrogens (tertiary/aromatic N) is 6. The van der Waals surface area contributed by atoms with Crippen molar-refractivity contribution in [3.63, 3.8) is 0 Å². The Bertz CT molecular complexity index is 794. The molecule has 0 saturated carbocycles. The van der Waals surface area contributed by atoms with E-state index in [0.29, 0.717) is 0 Å². The molecule has 0 bridgehead atoms. The summed E-state index contributed by atoms with van der Waals surface area (Å²) in [5.41, 5.74) is 1.08. The smallest absolute Gasteiger partial charge is 0.147 e. The summed E-state index contributed by atoms with van der Waals surface area (Å²) in [6.07, 6.45) is 6.56. The molecule has 0 spiro atoms. The molecule has 0 amide bonds. The van der Waals surface area contributed by atoms with Crippen molar-refractivity contribution in [1.29, 1.82) is 0 Å². The van der Waals surface area contributed by atoms with Crippen molar-refractivity contribution in [3.8, 4) is 10.6 Å². The lowest BCUT2D eigenvalue weighted by molar-refractivity contribution is 0.209. The highest BCUT2D eigenvalue weighted by atomic mass is 32.1. The number of thiazole rings is 1. The van der Waals surface area contributed by atoms with Gasteiger partial charge in [-0.05, 0) is 12.1 Å². The Labute approximate surface area is 138 Å². The van der Waals surface area contributed by atoms with Crippen LogP contribution < -0.4 is 0 Å². The van der Waals surface area contributed by atoms with Crippen LogP contribution >= 0.6 is 11.3 Å². The molecule has 23 heavy (non-hydrogen) atoms. The molecule has 3 aromatic heterocycles. The van der Waals surface area contributed by atoms with Gasteiger partial charge in [0, 0.05) is 55.1 Å². The summed E-state index contributed by atoms with van der Waals surface area (Å²) in [7, 11) is 0. The third kappa shape index (κ3) is 2.89. The summed E-state index contributed by atoms with van der Waals surface area (Å²) in [5, 5.41) is 9.62. The van der Waals surface area contributed by atoms with Gasteiger partial charge in [-0.1, -0.05) is 6.92 Å². The van der Waals surface area contributed by atoms with Crippen molar-refractivity contribution >= 4 is 11.3 Å². The minimum absolute atomic E-state index is 0.854. The van der Waals surface area contributed by atoms with E-state index in [9.17, 15) is 0 Å². The molecule has 4 rings (SSSR count). The molecule has 7 heteroatoms.